The minimum atomic E-state index is 0.657. The first-order valence-electron chi connectivity index (χ1n) is 3.80. The fraction of sp³-hybridized carbons (Fsp3) is 0.667. The van der Waals surface area contributed by atoms with Crippen molar-refractivity contribution >= 4 is 5.71 Å². The Bertz CT molecular complexity index is 197. The first-order valence-corrected chi connectivity index (χ1v) is 3.80. The zero-order chi connectivity index (χ0) is 7.89. The molecule has 1 unspecified atom stereocenters. The third kappa shape index (κ3) is 0.808. The van der Waals surface area contributed by atoms with Gasteiger partial charge in [-0.15, -0.1) is 0 Å². The van der Waals surface area contributed by atoms with E-state index in [1.165, 1.54) is 17.0 Å². The lowest BCUT2D eigenvalue weighted by molar-refractivity contribution is -0.441. The van der Waals surface area contributed by atoms with Crippen LogP contribution in [0.3, 0.4) is 0 Å². The molecule has 56 valence electrons. The third-order valence-corrected chi connectivity index (χ3v) is 2.88. The van der Waals surface area contributed by atoms with Crippen LogP contribution in [-0.4, -0.2) is 17.3 Å². The van der Waals surface area contributed by atoms with E-state index in [1.807, 2.05) is 0 Å². The molecule has 1 aliphatic rings. The predicted octanol–water partition coefficient (Wildman–Crippen LogP) is 2.03. The molecule has 0 aromatic carbocycles. The molecule has 0 N–H and O–H groups in total. The molecular weight excluding hydrogens is 122 g/mol. The Hall–Kier alpha value is -0.590. The molecule has 0 radical (unpaired) electrons. The van der Waals surface area contributed by atoms with Gasteiger partial charge < -0.3 is 0 Å². The van der Waals surface area contributed by atoms with E-state index in [-0.39, 0.29) is 0 Å². The van der Waals surface area contributed by atoms with Gasteiger partial charge in [-0.3, -0.25) is 0 Å². The van der Waals surface area contributed by atoms with Crippen molar-refractivity contribution in [1.29, 1.82) is 0 Å². The maximum atomic E-state index is 2.28. The molecule has 0 saturated heterocycles. The molecule has 1 heterocycles. The molecule has 1 aliphatic heterocycles. The van der Waals surface area contributed by atoms with Crippen molar-refractivity contribution in [1.82, 2.24) is 0 Å². The van der Waals surface area contributed by atoms with Gasteiger partial charge in [0.2, 0.25) is 0 Å². The fourth-order valence-corrected chi connectivity index (χ4v) is 1.45. The smallest absolute Gasteiger partial charge is 0.177 e. The molecule has 1 rings (SSSR count). The zero-order valence-corrected chi connectivity index (χ0v) is 7.52. The third-order valence-electron chi connectivity index (χ3n) is 2.88. The highest BCUT2D eigenvalue weighted by Gasteiger charge is 2.27. The largest absolute Gasteiger partial charge is 0.206 e. The van der Waals surface area contributed by atoms with Crippen LogP contribution < -0.4 is 0 Å². The van der Waals surface area contributed by atoms with Crippen LogP contribution in [0.15, 0.2) is 11.3 Å². The Kier molecular flexibility index (Phi) is 1.67. The van der Waals surface area contributed by atoms with Gasteiger partial charge in [-0.25, -0.2) is 4.58 Å². The van der Waals surface area contributed by atoms with Gasteiger partial charge in [-0.2, -0.15) is 0 Å². The maximum Gasteiger partial charge on any atom is 0.177 e. The second-order valence-electron chi connectivity index (χ2n) is 3.19. The molecule has 1 atom stereocenters. The SMILES string of the molecule is CC1=C(C)[N+](C)=C(C)C1C. The standard InChI is InChI=1S/C9H16N/c1-6-7(2)9(4)10(5)8(6)3/h6H,1-5H3/q+1. The molecule has 0 aromatic heterocycles. The Balaban J connectivity index is 3.09. The molecule has 10 heavy (non-hydrogen) atoms. The van der Waals surface area contributed by atoms with Crippen molar-refractivity contribution < 1.29 is 4.58 Å². The second-order valence-corrected chi connectivity index (χ2v) is 3.19. The van der Waals surface area contributed by atoms with E-state index in [0.717, 1.165) is 0 Å². The highest BCUT2D eigenvalue weighted by Crippen LogP contribution is 2.22. The van der Waals surface area contributed by atoms with Crippen LogP contribution in [0, 0.1) is 5.92 Å². The average molecular weight is 138 g/mol. The lowest BCUT2D eigenvalue weighted by atomic mass is 10.0. The van der Waals surface area contributed by atoms with Crippen LogP contribution in [0.25, 0.3) is 0 Å². The van der Waals surface area contributed by atoms with E-state index in [1.54, 1.807) is 0 Å². The van der Waals surface area contributed by atoms with Gasteiger partial charge >= 0.3 is 0 Å². The van der Waals surface area contributed by atoms with Crippen molar-refractivity contribution in [2.24, 2.45) is 5.92 Å². The number of allylic oxidation sites excluding steroid dienone is 2. The highest BCUT2D eigenvalue weighted by atomic mass is 15.0. The highest BCUT2D eigenvalue weighted by molar-refractivity contribution is 5.84. The predicted molar refractivity (Wildman–Crippen MR) is 44.4 cm³/mol. The van der Waals surface area contributed by atoms with Gasteiger partial charge in [-0.1, -0.05) is 0 Å². The Morgan fingerprint density at radius 3 is 1.80 bits per heavy atom. The van der Waals surface area contributed by atoms with E-state index >= 15 is 0 Å². The van der Waals surface area contributed by atoms with Crippen LogP contribution in [0.5, 0.6) is 0 Å². The lowest BCUT2D eigenvalue weighted by Crippen LogP contribution is -2.10. The minimum Gasteiger partial charge on any atom is -0.206 e. The average Bonchev–Trinajstić information content (AvgIpc) is 2.07. The summed E-state index contributed by atoms with van der Waals surface area (Å²) in [6, 6.07) is 0. The summed E-state index contributed by atoms with van der Waals surface area (Å²) in [7, 11) is 2.14. The molecule has 0 spiro atoms. The number of hydrogen-bond donors (Lipinski definition) is 0. The van der Waals surface area contributed by atoms with E-state index in [2.05, 4.69) is 39.3 Å². The molecular formula is C9H16N+. The molecule has 0 bridgehead atoms. The molecule has 0 saturated carbocycles. The summed E-state index contributed by atoms with van der Waals surface area (Å²) >= 11 is 0. The van der Waals surface area contributed by atoms with Crippen LogP contribution >= 0.6 is 0 Å². The van der Waals surface area contributed by atoms with Crippen LogP contribution in [0.2, 0.25) is 0 Å². The minimum absolute atomic E-state index is 0.657. The monoisotopic (exact) mass is 138 g/mol. The molecule has 0 aromatic rings. The van der Waals surface area contributed by atoms with Gasteiger partial charge in [-0.05, 0) is 13.8 Å². The van der Waals surface area contributed by atoms with E-state index in [0.29, 0.717) is 5.92 Å². The Labute approximate surface area is 63.1 Å². The van der Waals surface area contributed by atoms with Crippen molar-refractivity contribution in [3.63, 3.8) is 0 Å². The van der Waals surface area contributed by atoms with E-state index < -0.39 is 0 Å². The summed E-state index contributed by atoms with van der Waals surface area (Å²) in [5.74, 6) is 0.657. The van der Waals surface area contributed by atoms with Crippen molar-refractivity contribution in [2.45, 2.75) is 27.7 Å². The van der Waals surface area contributed by atoms with Gasteiger partial charge in [0.05, 0.1) is 5.92 Å². The van der Waals surface area contributed by atoms with Crippen molar-refractivity contribution in [2.75, 3.05) is 7.05 Å². The molecule has 1 nitrogen and oxygen atoms in total. The van der Waals surface area contributed by atoms with E-state index in [9.17, 15) is 0 Å². The normalized spacial score (nSPS) is 26.7. The van der Waals surface area contributed by atoms with Gasteiger partial charge in [0.15, 0.2) is 11.4 Å². The van der Waals surface area contributed by atoms with Crippen LogP contribution in [-0.2, 0) is 0 Å². The zero-order valence-electron chi connectivity index (χ0n) is 7.52. The fourth-order valence-electron chi connectivity index (χ4n) is 1.45. The Morgan fingerprint density at radius 2 is 1.70 bits per heavy atom. The summed E-state index contributed by atoms with van der Waals surface area (Å²) in [4.78, 5) is 0. The van der Waals surface area contributed by atoms with Gasteiger partial charge in [0.1, 0.15) is 7.05 Å². The van der Waals surface area contributed by atoms with E-state index in [4.69, 9.17) is 0 Å². The summed E-state index contributed by atoms with van der Waals surface area (Å²) in [6.45, 7) is 8.86. The number of hydrogen-bond acceptors (Lipinski definition) is 0. The summed E-state index contributed by atoms with van der Waals surface area (Å²) < 4.78 is 2.28. The summed E-state index contributed by atoms with van der Waals surface area (Å²) in [6.07, 6.45) is 0. The van der Waals surface area contributed by atoms with Crippen molar-refractivity contribution in [3.05, 3.63) is 11.3 Å². The van der Waals surface area contributed by atoms with Gasteiger partial charge in [0.25, 0.3) is 0 Å². The lowest BCUT2D eigenvalue weighted by Gasteiger charge is -1.96. The molecule has 0 aliphatic carbocycles. The quantitative estimate of drug-likeness (QED) is 0.451. The first kappa shape index (κ1) is 7.52. The topological polar surface area (TPSA) is 3.01 Å². The van der Waals surface area contributed by atoms with Gasteiger partial charge in [0, 0.05) is 19.4 Å². The second kappa shape index (κ2) is 2.22. The summed E-state index contributed by atoms with van der Waals surface area (Å²) in [5, 5.41) is 0. The Morgan fingerprint density at radius 1 is 1.20 bits per heavy atom. The molecule has 1 heteroatoms. The summed E-state index contributed by atoms with van der Waals surface area (Å²) in [5.41, 5.74) is 4.40. The maximum absolute atomic E-state index is 2.28. The molecule has 0 amide bonds. The van der Waals surface area contributed by atoms with Crippen LogP contribution in [0.1, 0.15) is 27.7 Å². The van der Waals surface area contributed by atoms with Crippen molar-refractivity contribution in [3.8, 4) is 0 Å². The molecule has 0 fully saturated rings. The number of rotatable bonds is 0. The first-order chi connectivity index (χ1) is 4.55. The van der Waals surface area contributed by atoms with Crippen LogP contribution in [0.4, 0.5) is 0 Å². The number of nitrogens with zero attached hydrogens (tertiary/aromatic N) is 1.